The van der Waals surface area contributed by atoms with Crippen LogP contribution in [0.3, 0.4) is 0 Å². The Labute approximate surface area is 115 Å². The van der Waals surface area contributed by atoms with Gasteiger partial charge in [-0.25, -0.2) is 0 Å². The van der Waals surface area contributed by atoms with Gasteiger partial charge in [0.05, 0.1) is 0 Å². The molecule has 0 aromatic carbocycles. The van der Waals surface area contributed by atoms with Gasteiger partial charge < -0.3 is 0 Å². The molecule has 4 rings (SSSR count). The van der Waals surface area contributed by atoms with E-state index in [1.165, 1.54) is 23.7 Å². The molecule has 1 aliphatic heterocycles. The van der Waals surface area contributed by atoms with E-state index in [0.717, 1.165) is 34.1 Å². The molecule has 0 spiro atoms. The Morgan fingerprint density at radius 2 is 2.11 bits per heavy atom. The minimum atomic E-state index is 0.104. The van der Waals surface area contributed by atoms with Crippen molar-refractivity contribution < 1.29 is 0 Å². The van der Waals surface area contributed by atoms with Crippen molar-refractivity contribution in [3.05, 3.63) is 18.2 Å². The van der Waals surface area contributed by atoms with Crippen LogP contribution in [-0.4, -0.2) is 47.2 Å². The molecule has 4 heterocycles. The van der Waals surface area contributed by atoms with Crippen molar-refractivity contribution in [1.82, 2.24) is 19.6 Å². The first kappa shape index (κ1) is 11.0. The molecule has 3 aromatic rings. The van der Waals surface area contributed by atoms with Crippen LogP contribution in [0.25, 0.3) is 15.4 Å². The summed E-state index contributed by atoms with van der Waals surface area (Å²) in [5.74, 6) is 0. The van der Waals surface area contributed by atoms with Gasteiger partial charge in [0, 0.05) is 0 Å². The number of hydrogen-bond donors (Lipinski definition) is 0. The van der Waals surface area contributed by atoms with Crippen LogP contribution in [0, 0.1) is 11.3 Å². The molecule has 0 radical (unpaired) electrons. The monoisotopic (exact) mass is 318 g/mol. The molecular formula is C12H10N6Se. The van der Waals surface area contributed by atoms with Crippen LogP contribution in [0.2, 0.25) is 0 Å². The first-order valence-electron chi connectivity index (χ1n) is 6.14. The molecule has 94 valence electrons. The molecule has 0 bridgehead atoms. The average Bonchev–Trinajstić information content (AvgIpc) is 3.15. The second-order valence-electron chi connectivity index (χ2n) is 4.54. The predicted octanol–water partition coefficient (Wildman–Crippen LogP) is 0.806. The first-order valence-corrected chi connectivity index (χ1v) is 7.85. The Hall–Kier alpha value is -1.90. The van der Waals surface area contributed by atoms with E-state index in [-0.39, 0.29) is 14.5 Å². The molecule has 1 aliphatic rings. The third-order valence-electron chi connectivity index (χ3n) is 3.44. The van der Waals surface area contributed by atoms with Gasteiger partial charge in [-0.15, -0.1) is 0 Å². The van der Waals surface area contributed by atoms with E-state index in [4.69, 9.17) is 0 Å². The van der Waals surface area contributed by atoms with Crippen molar-refractivity contribution in [3.63, 3.8) is 0 Å². The minimum absolute atomic E-state index is 0.104. The fourth-order valence-corrected chi connectivity index (χ4v) is 5.14. The molecule has 6 nitrogen and oxygen atoms in total. The van der Waals surface area contributed by atoms with E-state index in [2.05, 4.69) is 26.0 Å². The van der Waals surface area contributed by atoms with E-state index < -0.39 is 0 Å². The SMILES string of the molecule is N#Cc1c(N2CCCC2)[se]c2c1ncn1ncnc21. The summed E-state index contributed by atoms with van der Waals surface area (Å²) in [6.07, 6.45) is 5.60. The van der Waals surface area contributed by atoms with Crippen LogP contribution in [0.4, 0.5) is 4.56 Å². The van der Waals surface area contributed by atoms with Crippen LogP contribution in [0.5, 0.6) is 0 Å². The quantitative estimate of drug-likeness (QED) is 0.621. The summed E-state index contributed by atoms with van der Waals surface area (Å²) in [4.78, 5) is 11.0. The molecular weight excluding hydrogens is 307 g/mol. The summed E-state index contributed by atoms with van der Waals surface area (Å²) in [7, 11) is 0. The number of fused-ring (bicyclic) bond motifs is 3. The third kappa shape index (κ3) is 1.51. The summed E-state index contributed by atoms with van der Waals surface area (Å²) in [6, 6.07) is 2.34. The summed E-state index contributed by atoms with van der Waals surface area (Å²) >= 11 is 0.104. The van der Waals surface area contributed by atoms with Gasteiger partial charge in [0.25, 0.3) is 0 Å². The zero-order chi connectivity index (χ0) is 12.8. The van der Waals surface area contributed by atoms with Gasteiger partial charge in [-0.1, -0.05) is 0 Å². The Morgan fingerprint density at radius 3 is 2.89 bits per heavy atom. The summed E-state index contributed by atoms with van der Waals surface area (Å²) in [5, 5.41) is 13.6. The number of aromatic nitrogens is 4. The fourth-order valence-electron chi connectivity index (χ4n) is 2.54. The van der Waals surface area contributed by atoms with Crippen LogP contribution >= 0.6 is 0 Å². The molecule has 0 atom stereocenters. The van der Waals surface area contributed by atoms with E-state index in [0.29, 0.717) is 0 Å². The van der Waals surface area contributed by atoms with Gasteiger partial charge in [-0.2, -0.15) is 0 Å². The van der Waals surface area contributed by atoms with E-state index in [9.17, 15) is 5.26 Å². The number of hydrogen-bond acceptors (Lipinski definition) is 5. The van der Waals surface area contributed by atoms with Gasteiger partial charge >= 0.3 is 114 Å². The van der Waals surface area contributed by atoms with Gasteiger partial charge in [0.1, 0.15) is 0 Å². The van der Waals surface area contributed by atoms with Gasteiger partial charge in [0.15, 0.2) is 0 Å². The van der Waals surface area contributed by atoms with Crippen molar-refractivity contribution in [2.75, 3.05) is 18.0 Å². The fraction of sp³-hybridized carbons (Fsp3) is 0.333. The van der Waals surface area contributed by atoms with Crippen LogP contribution < -0.4 is 4.90 Å². The second-order valence-corrected chi connectivity index (χ2v) is 6.63. The van der Waals surface area contributed by atoms with Crippen molar-refractivity contribution in [3.8, 4) is 6.07 Å². The van der Waals surface area contributed by atoms with Gasteiger partial charge in [-0.05, 0) is 0 Å². The van der Waals surface area contributed by atoms with Crippen LogP contribution in [-0.2, 0) is 0 Å². The second kappa shape index (κ2) is 4.05. The van der Waals surface area contributed by atoms with E-state index in [1.807, 2.05) is 0 Å². The molecule has 0 unspecified atom stereocenters. The van der Waals surface area contributed by atoms with Crippen molar-refractivity contribution in [1.29, 1.82) is 5.26 Å². The normalized spacial score (nSPS) is 15.4. The molecule has 0 saturated carbocycles. The Bertz CT molecular complexity index is 805. The molecule has 0 N–H and O–H groups in total. The van der Waals surface area contributed by atoms with Crippen LogP contribution in [0.15, 0.2) is 12.7 Å². The third-order valence-corrected chi connectivity index (χ3v) is 6.03. The molecule has 0 aliphatic carbocycles. The standard InChI is InChI=1S/C12H10N6Se/c13-5-8-9-10(11-14-6-16-18(11)7-15-9)19-12(8)17-3-1-2-4-17/h6-7H,1-4H2. The maximum atomic E-state index is 9.46. The average molecular weight is 317 g/mol. The topological polar surface area (TPSA) is 70.1 Å². The number of nitrogens with zero attached hydrogens (tertiary/aromatic N) is 6. The molecule has 3 aromatic heterocycles. The maximum absolute atomic E-state index is 9.46. The van der Waals surface area contributed by atoms with Gasteiger partial charge in [0.2, 0.25) is 0 Å². The molecule has 19 heavy (non-hydrogen) atoms. The molecule has 1 saturated heterocycles. The zero-order valence-corrected chi connectivity index (χ0v) is 11.8. The summed E-state index contributed by atoms with van der Waals surface area (Å²) in [5.41, 5.74) is 2.39. The Kier molecular flexibility index (Phi) is 2.34. The Balaban J connectivity index is 2.05. The first-order chi connectivity index (χ1) is 9.38. The van der Waals surface area contributed by atoms with E-state index in [1.54, 1.807) is 10.8 Å². The predicted molar refractivity (Wildman–Crippen MR) is 71.4 cm³/mol. The van der Waals surface area contributed by atoms with Crippen molar-refractivity contribution >= 4 is 34.5 Å². The summed E-state index contributed by atoms with van der Waals surface area (Å²) in [6.45, 7) is 2.11. The molecule has 0 amide bonds. The van der Waals surface area contributed by atoms with Gasteiger partial charge in [-0.3, -0.25) is 0 Å². The zero-order valence-electron chi connectivity index (χ0n) is 10.1. The van der Waals surface area contributed by atoms with Crippen LogP contribution in [0.1, 0.15) is 18.4 Å². The molecule has 1 fully saturated rings. The van der Waals surface area contributed by atoms with E-state index >= 15 is 0 Å². The number of nitriles is 1. The number of rotatable bonds is 1. The van der Waals surface area contributed by atoms with Crippen molar-refractivity contribution in [2.24, 2.45) is 0 Å². The molecule has 7 heteroatoms. The summed E-state index contributed by atoms with van der Waals surface area (Å²) < 4.78 is 3.94. The number of anilines is 1. The Morgan fingerprint density at radius 1 is 1.26 bits per heavy atom. The van der Waals surface area contributed by atoms with Crippen molar-refractivity contribution in [2.45, 2.75) is 12.8 Å².